The molecule has 0 radical (unpaired) electrons. The van der Waals surface area contributed by atoms with Gasteiger partial charge in [-0.05, 0) is 35.0 Å². The Hall–Kier alpha value is -1.89. The molecule has 100 valence electrons. The van der Waals surface area contributed by atoms with Gasteiger partial charge in [-0.3, -0.25) is 19.7 Å². The standard InChI is InChI=1S/C12H12BrN3O3/c1-6-11(18)15-9(17)5-16(6)12(19)7-3-2-4-8(14)10(7)13/h2-4,6H,5,14H2,1H3,(H,15,17,18). The molecule has 6 nitrogen and oxygen atoms in total. The minimum Gasteiger partial charge on any atom is -0.398 e. The summed E-state index contributed by atoms with van der Waals surface area (Å²) in [5, 5.41) is 2.18. The molecule has 1 aliphatic heterocycles. The first-order valence-electron chi connectivity index (χ1n) is 5.60. The SMILES string of the molecule is CC1C(=O)NC(=O)CN1C(=O)c1cccc(N)c1Br. The summed E-state index contributed by atoms with van der Waals surface area (Å²) in [6.07, 6.45) is 0. The van der Waals surface area contributed by atoms with Gasteiger partial charge in [0.25, 0.3) is 5.91 Å². The first-order valence-corrected chi connectivity index (χ1v) is 6.39. The maximum Gasteiger partial charge on any atom is 0.256 e. The molecule has 19 heavy (non-hydrogen) atoms. The number of nitrogens with zero attached hydrogens (tertiary/aromatic N) is 1. The molecular weight excluding hydrogens is 314 g/mol. The predicted molar refractivity (Wildman–Crippen MR) is 72.2 cm³/mol. The van der Waals surface area contributed by atoms with Gasteiger partial charge in [-0.15, -0.1) is 0 Å². The molecule has 0 aliphatic carbocycles. The van der Waals surface area contributed by atoms with E-state index in [9.17, 15) is 14.4 Å². The van der Waals surface area contributed by atoms with Crippen LogP contribution in [0.15, 0.2) is 22.7 Å². The summed E-state index contributed by atoms with van der Waals surface area (Å²) >= 11 is 3.24. The van der Waals surface area contributed by atoms with Crippen LogP contribution in [0.3, 0.4) is 0 Å². The number of imide groups is 1. The van der Waals surface area contributed by atoms with Crippen LogP contribution in [0.2, 0.25) is 0 Å². The molecule has 1 atom stereocenters. The van der Waals surface area contributed by atoms with E-state index in [4.69, 9.17) is 5.73 Å². The average Bonchev–Trinajstić information content (AvgIpc) is 2.36. The lowest BCUT2D eigenvalue weighted by Gasteiger charge is -2.32. The van der Waals surface area contributed by atoms with Crippen LogP contribution in [0.5, 0.6) is 0 Å². The number of rotatable bonds is 1. The smallest absolute Gasteiger partial charge is 0.256 e. The lowest BCUT2D eigenvalue weighted by Crippen LogP contribution is -2.58. The Morgan fingerprint density at radius 3 is 2.84 bits per heavy atom. The maximum atomic E-state index is 12.4. The van der Waals surface area contributed by atoms with E-state index in [0.29, 0.717) is 15.7 Å². The lowest BCUT2D eigenvalue weighted by molar-refractivity contribution is -0.138. The van der Waals surface area contributed by atoms with E-state index in [1.165, 1.54) is 4.90 Å². The Morgan fingerprint density at radius 2 is 2.16 bits per heavy atom. The Kier molecular flexibility index (Phi) is 3.57. The molecular formula is C12H12BrN3O3. The van der Waals surface area contributed by atoms with Crippen LogP contribution < -0.4 is 11.1 Å². The molecule has 7 heteroatoms. The molecule has 2 rings (SSSR count). The van der Waals surface area contributed by atoms with Gasteiger partial charge in [-0.25, -0.2) is 0 Å². The molecule has 1 unspecified atom stereocenters. The van der Waals surface area contributed by atoms with Crippen LogP contribution in [0.4, 0.5) is 5.69 Å². The van der Waals surface area contributed by atoms with Crippen LogP contribution >= 0.6 is 15.9 Å². The number of hydrogen-bond acceptors (Lipinski definition) is 4. The first-order chi connectivity index (χ1) is 8.91. The number of nitrogens with one attached hydrogen (secondary N) is 1. The zero-order valence-corrected chi connectivity index (χ0v) is 11.7. The molecule has 0 saturated carbocycles. The average molecular weight is 326 g/mol. The molecule has 3 N–H and O–H groups in total. The summed E-state index contributed by atoms with van der Waals surface area (Å²) in [7, 11) is 0. The maximum absolute atomic E-state index is 12.4. The highest BCUT2D eigenvalue weighted by atomic mass is 79.9. The van der Waals surface area contributed by atoms with Crippen molar-refractivity contribution in [2.75, 3.05) is 12.3 Å². The van der Waals surface area contributed by atoms with Gasteiger partial charge in [0.15, 0.2) is 0 Å². The quantitative estimate of drug-likeness (QED) is 0.581. The number of amides is 3. The third-order valence-corrected chi connectivity index (χ3v) is 3.83. The predicted octanol–water partition coefficient (Wildman–Crippen LogP) is 0.518. The van der Waals surface area contributed by atoms with Crippen molar-refractivity contribution in [1.29, 1.82) is 0 Å². The second kappa shape index (κ2) is 5.00. The van der Waals surface area contributed by atoms with Crippen molar-refractivity contribution in [1.82, 2.24) is 10.2 Å². The number of piperazine rings is 1. The van der Waals surface area contributed by atoms with Crippen LogP contribution in [0.1, 0.15) is 17.3 Å². The Morgan fingerprint density at radius 1 is 1.47 bits per heavy atom. The topological polar surface area (TPSA) is 92.5 Å². The fraction of sp³-hybridized carbons (Fsp3) is 0.250. The van der Waals surface area contributed by atoms with Gasteiger partial charge < -0.3 is 10.6 Å². The number of carbonyl (C=O) groups excluding carboxylic acids is 3. The second-order valence-electron chi connectivity index (χ2n) is 4.23. The van der Waals surface area contributed by atoms with Gasteiger partial charge in [0.05, 0.1) is 10.0 Å². The summed E-state index contributed by atoms with van der Waals surface area (Å²) in [5.74, 6) is -1.38. The molecule has 1 saturated heterocycles. The highest BCUT2D eigenvalue weighted by molar-refractivity contribution is 9.10. The van der Waals surface area contributed by atoms with Crippen molar-refractivity contribution in [3.05, 3.63) is 28.2 Å². The van der Waals surface area contributed by atoms with Gasteiger partial charge >= 0.3 is 0 Å². The monoisotopic (exact) mass is 325 g/mol. The number of benzene rings is 1. The number of hydrogen-bond donors (Lipinski definition) is 2. The lowest BCUT2D eigenvalue weighted by atomic mass is 10.1. The summed E-state index contributed by atoms with van der Waals surface area (Å²) in [6, 6.07) is 4.19. The number of nitrogen functional groups attached to an aromatic ring is 1. The van der Waals surface area contributed by atoms with E-state index in [1.807, 2.05) is 0 Å². The molecule has 1 aromatic rings. The summed E-state index contributed by atoms with van der Waals surface area (Å²) in [5.41, 5.74) is 6.46. The van der Waals surface area contributed by atoms with Crippen LogP contribution in [0.25, 0.3) is 0 Å². The molecule has 1 fully saturated rings. The van der Waals surface area contributed by atoms with Crippen molar-refractivity contribution in [3.8, 4) is 0 Å². The Labute approximate surface area is 118 Å². The van der Waals surface area contributed by atoms with Gasteiger partial charge in [0.2, 0.25) is 11.8 Å². The van der Waals surface area contributed by atoms with E-state index >= 15 is 0 Å². The molecule has 3 amide bonds. The molecule has 1 aromatic carbocycles. The van der Waals surface area contributed by atoms with Gasteiger partial charge in [0, 0.05) is 5.69 Å². The summed E-state index contributed by atoms with van der Waals surface area (Å²) in [4.78, 5) is 36.5. The Bertz CT molecular complexity index is 573. The van der Waals surface area contributed by atoms with Crippen molar-refractivity contribution >= 4 is 39.3 Å². The van der Waals surface area contributed by atoms with Crippen LogP contribution in [-0.4, -0.2) is 35.2 Å². The molecule has 0 bridgehead atoms. The van der Waals surface area contributed by atoms with Crippen molar-refractivity contribution in [3.63, 3.8) is 0 Å². The zero-order chi connectivity index (χ0) is 14.2. The Balaban J connectivity index is 2.35. The minimum absolute atomic E-state index is 0.146. The number of nitrogens with two attached hydrogens (primary N) is 1. The molecule has 1 aliphatic rings. The van der Waals surface area contributed by atoms with E-state index in [0.717, 1.165) is 0 Å². The highest BCUT2D eigenvalue weighted by Crippen LogP contribution is 2.25. The fourth-order valence-corrected chi connectivity index (χ4v) is 2.27. The van der Waals surface area contributed by atoms with Crippen molar-refractivity contribution in [2.24, 2.45) is 0 Å². The van der Waals surface area contributed by atoms with Gasteiger partial charge in [-0.2, -0.15) is 0 Å². The van der Waals surface area contributed by atoms with E-state index in [2.05, 4.69) is 21.2 Å². The summed E-state index contributed by atoms with van der Waals surface area (Å²) in [6.45, 7) is 1.42. The van der Waals surface area contributed by atoms with Gasteiger partial charge in [-0.1, -0.05) is 6.07 Å². The van der Waals surface area contributed by atoms with E-state index < -0.39 is 23.8 Å². The normalized spacial score (nSPS) is 19.3. The van der Waals surface area contributed by atoms with Gasteiger partial charge in [0.1, 0.15) is 12.6 Å². The third-order valence-electron chi connectivity index (χ3n) is 2.94. The molecule has 0 aromatic heterocycles. The molecule has 1 heterocycles. The number of halogens is 1. The van der Waals surface area contributed by atoms with E-state index in [-0.39, 0.29) is 6.54 Å². The van der Waals surface area contributed by atoms with Crippen molar-refractivity contribution in [2.45, 2.75) is 13.0 Å². The number of carbonyl (C=O) groups is 3. The second-order valence-corrected chi connectivity index (χ2v) is 5.02. The number of anilines is 1. The first kappa shape index (κ1) is 13.5. The largest absolute Gasteiger partial charge is 0.398 e. The summed E-state index contributed by atoms with van der Waals surface area (Å²) < 4.78 is 0.464. The fourth-order valence-electron chi connectivity index (χ4n) is 1.83. The highest BCUT2D eigenvalue weighted by Gasteiger charge is 2.34. The van der Waals surface area contributed by atoms with Crippen LogP contribution in [0, 0.1) is 0 Å². The minimum atomic E-state index is -0.696. The third kappa shape index (κ3) is 2.46. The van der Waals surface area contributed by atoms with E-state index in [1.54, 1.807) is 25.1 Å². The van der Waals surface area contributed by atoms with Crippen molar-refractivity contribution < 1.29 is 14.4 Å². The zero-order valence-electron chi connectivity index (χ0n) is 10.1. The molecule has 0 spiro atoms. The van der Waals surface area contributed by atoms with Crippen LogP contribution in [-0.2, 0) is 9.59 Å².